The number of amides is 1. The molecule has 0 aliphatic carbocycles. The molecular formula is C25H26ClNO5. The summed E-state index contributed by atoms with van der Waals surface area (Å²) in [7, 11) is 0. The molecule has 1 spiro atoms. The van der Waals surface area contributed by atoms with E-state index in [1.165, 1.54) is 0 Å². The van der Waals surface area contributed by atoms with Gasteiger partial charge in [-0.15, -0.1) is 0 Å². The number of halogens is 1. The van der Waals surface area contributed by atoms with Crippen LogP contribution >= 0.6 is 11.6 Å². The highest BCUT2D eigenvalue weighted by Gasteiger charge is 2.44. The lowest BCUT2D eigenvalue weighted by atomic mass is 9.82. The lowest BCUT2D eigenvalue weighted by molar-refractivity contribution is -0.137. The molecule has 2 aliphatic rings. The van der Waals surface area contributed by atoms with Gasteiger partial charge >= 0.3 is 0 Å². The second-order valence-corrected chi connectivity index (χ2v) is 8.64. The first-order valence-electron chi connectivity index (χ1n) is 10.7. The van der Waals surface area contributed by atoms with Crippen LogP contribution < -0.4 is 14.2 Å². The molecule has 1 amide bonds. The number of nitrogens with zero attached hydrogens (tertiary/aromatic N) is 1. The molecule has 32 heavy (non-hydrogen) atoms. The normalized spacial score (nSPS) is 16.8. The van der Waals surface area contributed by atoms with Crippen molar-refractivity contribution in [3.05, 3.63) is 65.2 Å². The fourth-order valence-corrected chi connectivity index (χ4v) is 4.50. The van der Waals surface area contributed by atoms with Crippen LogP contribution in [0.2, 0.25) is 5.02 Å². The summed E-state index contributed by atoms with van der Waals surface area (Å²) in [6.07, 6.45) is 3.13. The summed E-state index contributed by atoms with van der Waals surface area (Å²) in [5, 5.41) is 0.533. The lowest BCUT2D eigenvalue weighted by Crippen LogP contribution is -2.53. The highest BCUT2D eigenvalue weighted by Crippen LogP contribution is 2.42. The van der Waals surface area contributed by atoms with Crippen molar-refractivity contribution < 1.29 is 23.8 Å². The minimum atomic E-state index is -0.578. The first-order chi connectivity index (χ1) is 15.4. The first kappa shape index (κ1) is 22.2. The number of fused-ring (bicyclic) bond motifs is 1. The van der Waals surface area contributed by atoms with Crippen LogP contribution in [0.15, 0.2) is 49.1 Å². The van der Waals surface area contributed by atoms with Gasteiger partial charge in [0, 0.05) is 31.0 Å². The summed E-state index contributed by atoms with van der Waals surface area (Å²) in [6, 6.07) is 10.7. The van der Waals surface area contributed by atoms with E-state index < -0.39 is 5.60 Å². The third-order valence-electron chi connectivity index (χ3n) is 5.93. The Hall–Kier alpha value is -2.99. The molecule has 0 saturated carbocycles. The van der Waals surface area contributed by atoms with E-state index in [-0.39, 0.29) is 18.3 Å². The van der Waals surface area contributed by atoms with Gasteiger partial charge in [0.05, 0.1) is 12.0 Å². The molecule has 2 aliphatic heterocycles. The standard InChI is InChI=1S/C25H26ClNO5/c1-3-12-30-21-6-4-5-7-22(21)31-16-23(29)27-10-8-25(9-11-27)15-20(28)19-14-18(26)13-17(2)24(19)32-25/h3-7,13-14H,1,8-12,15-16H2,2H3. The largest absolute Gasteiger partial charge is 0.486 e. The molecule has 6 nitrogen and oxygen atoms in total. The van der Waals surface area contributed by atoms with E-state index in [1.54, 1.807) is 35.2 Å². The SMILES string of the molecule is C=CCOc1ccccc1OCC(=O)N1CCC2(CC1)CC(=O)c1cc(Cl)cc(C)c1O2. The molecule has 0 radical (unpaired) electrons. The number of aryl methyl sites for hydroxylation is 1. The van der Waals surface area contributed by atoms with Gasteiger partial charge in [0.25, 0.3) is 5.91 Å². The zero-order valence-electron chi connectivity index (χ0n) is 18.1. The molecule has 4 rings (SSSR count). The van der Waals surface area contributed by atoms with E-state index in [9.17, 15) is 9.59 Å². The van der Waals surface area contributed by atoms with Crippen molar-refractivity contribution in [2.24, 2.45) is 0 Å². The number of benzene rings is 2. The van der Waals surface area contributed by atoms with Gasteiger partial charge in [-0.2, -0.15) is 0 Å². The van der Waals surface area contributed by atoms with Crippen LogP contribution in [0.25, 0.3) is 0 Å². The molecular weight excluding hydrogens is 430 g/mol. The second kappa shape index (κ2) is 9.25. The predicted molar refractivity (Wildman–Crippen MR) is 122 cm³/mol. The van der Waals surface area contributed by atoms with Crippen molar-refractivity contribution in [2.45, 2.75) is 31.8 Å². The van der Waals surface area contributed by atoms with Crippen LogP contribution in [0.4, 0.5) is 0 Å². The summed E-state index contributed by atoms with van der Waals surface area (Å²) < 4.78 is 17.7. The van der Waals surface area contributed by atoms with Crippen LogP contribution in [0.3, 0.4) is 0 Å². The van der Waals surface area contributed by atoms with E-state index >= 15 is 0 Å². The molecule has 0 N–H and O–H groups in total. The molecule has 0 atom stereocenters. The second-order valence-electron chi connectivity index (χ2n) is 8.20. The molecule has 1 fully saturated rings. The van der Waals surface area contributed by atoms with Gasteiger partial charge in [0.15, 0.2) is 23.9 Å². The lowest BCUT2D eigenvalue weighted by Gasteiger charge is -2.44. The minimum absolute atomic E-state index is 0.0380. The van der Waals surface area contributed by atoms with Crippen molar-refractivity contribution >= 4 is 23.3 Å². The Morgan fingerprint density at radius 1 is 1.22 bits per heavy atom. The quantitative estimate of drug-likeness (QED) is 0.595. The Labute approximate surface area is 192 Å². The van der Waals surface area contributed by atoms with Crippen molar-refractivity contribution in [1.29, 1.82) is 0 Å². The van der Waals surface area contributed by atoms with E-state index in [4.69, 9.17) is 25.8 Å². The number of rotatable bonds is 6. The van der Waals surface area contributed by atoms with Crippen molar-refractivity contribution in [3.8, 4) is 17.2 Å². The zero-order chi connectivity index (χ0) is 22.7. The minimum Gasteiger partial charge on any atom is -0.486 e. The number of carbonyl (C=O) groups is 2. The molecule has 2 aromatic rings. The van der Waals surface area contributed by atoms with E-state index in [0.717, 1.165) is 5.56 Å². The topological polar surface area (TPSA) is 65.1 Å². The number of ether oxygens (including phenoxy) is 3. The summed E-state index contributed by atoms with van der Waals surface area (Å²) in [5.41, 5.74) is 0.819. The third-order valence-corrected chi connectivity index (χ3v) is 6.14. The molecule has 1 saturated heterocycles. The van der Waals surface area contributed by atoms with Gasteiger partial charge in [-0.3, -0.25) is 9.59 Å². The Bertz CT molecular complexity index is 1040. The van der Waals surface area contributed by atoms with Gasteiger partial charge < -0.3 is 19.1 Å². The van der Waals surface area contributed by atoms with E-state index in [2.05, 4.69) is 6.58 Å². The van der Waals surface area contributed by atoms with Crippen LogP contribution in [0.1, 0.15) is 35.2 Å². The number of piperidine rings is 1. The van der Waals surface area contributed by atoms with Crippen LogP contribution in [-0.2, 0) is 4.79 Å². The van der Waals surface area contributed by atoms with Gasteiger partial charge in [-0.1, -0.05) is 36.4 Å². The number of para-hydroxylation sites is 2. The number of ketones is 1. The van der Waals surface area contributed by atoms with Crippen LogP contribution in [0, 0.1) is 6.92 Å². The number of carbonyl (C=O) groups excluding carboxylic acids is 2. The highest BCUT2D eigenvalue weighted by molar-refractivity contribution is 6.31. The monoisotopic (exact) mass is 455 g/mol. The smallest absolute Gasteiger partial charge is 0.260 e. The maximum absolute atomic E-state index is 12.8. The zero-order valence-corrected chi connectivity index (χ0v) is 18.8. The molecule has 0 aromatic heterocycles. The Morgan fingerprint density at radius 2 is 1.91 bits per heavy atom. The summed E-state index contributed by atoms with van der Waals surface area (Å²) >= 11 is 6.11. The number of Topliss-reactive ketones (excluding diaryl/α,β-unsaturated/α-hetero) is 1. The predicted octanol–water partition coefficient (Wildman–Crippen LogP) is 4.62. The van der Waals surface area contributed by atoms with E-state index in [0.29, 0.717) is 66.8 Å². The summed E-state index contributed by atoms with van der Waals surface area (Å²) in [5.74, 6) is 1.63. The molecule has 2 heterocycles. The van der Waals surface area contributed by atoms with Gasteiger partial charge in [0.2, 0.25) is 0 Å². The maximum atomic E-state index is 12.8. The summed E-state index contributed by atoms with van der Waals surface area (Å²) in [6.45, 7) is 6.82. The number of likely N-dealkylation sites (tertiary alicyclic amines) is 1. The molecule has 0 unspecified atom stereocenters. The van der Waals surface area contributed by atoms with Gasteiger partial charge in [0.1, 0.15) is 18.0 Å². The summed E-state index contributed by atoms with van der Waals surface area (Å²) in [4.78, 5) is 27.3. The van der Waals surface area contributed by atoms with Crippen LogP contribution in [-0.4, -0.2) is 48.5 Å². The van der Waals surface area contributed by atoms with Crippen molar-refractivity contribution in [2.75, 3.05) is 26.3 Å². The van der Waals surface area contributed by atoms with Gasteiger partial charge in [-0.05, 0) is 36.8 Å². The Balaban J connectivity index is 1.36. The average Bonchev–Trinajstić information content (AvgIpc) is 2.78. The average molecular weight is 456 g/mol. The fraction of sp³-hybridized carbons (Fsp3) is 0.360. The maximum Gasteiger partial charge on any atom is 0.260 e. The van der Waals surface area contributed by atoms with Crippen molar-refractivity contribution in [3.63, 3.8) is 0 Å². The van der Waals surface area contributed by atoms with Gasteiger partial charge in [-0.25, -0.2) is 0 Å². The first-order valence-corrected chi connectivity index (χ1v) is 11.0. The highest BCUT2D eigenvalue weighted by atomic mass is 35.5. The fourth-order valence-electron chi connectivity index (χ4n) is 4.22. The van der Waals surface area contributed by atoms with E-state index in [1.807, 2.05) is 19.1 Å². The Morgan fingerprint density at radius 3 is 2.59 bits per heavy atom. The molecule has 168 valence electrons. The number of hydrogen-bond acceptors (Lipinski definition) is 5. The molecule has 2 aromatic carbocycles. The molecule has 0 bridgehead atoms. The Kier molecular flexibility index (Phi) is 6.42. The molecule has 7 heteroatoms. The third kappa shape index (κ3) is 4.60. The van der Waals surface area contributed by atoms with Crippen molar-refractivity contribution in [1.82, 2.24) is 4.90 Å². The van der Waals surface area contributed by atoms with Crippen LogP contribution in [0.5, 0.6) is 17.2 Å². The number of hydrogen-bond donors (Lipinski definition) is 0.